The fourth-order valence-electron chi connectivity index (χ4n) is 3.76. The Morgan fingerprint density at radius 1 is 0.960 bits per heavy atom. The second-order valence-electron chi connectivity index (χ2n) is 6.68. The fourth-order valence-corrected chi connectivity index (χ4v) is 3.76. The molecule has 2 nitrogen and oxygen atoms in total. The minimum atomic E-state index is 1.28. The molecule has 0 fully saturated rings. The van der Waals surface area contributed by atoms with E-state index in [4.69, 9.17) is 0 Å². The maximum atomic E-state index is 2.26. The van der Waals surface area contributed by atoms with Gasteiger partial charge < -0.3 is 4.57 Å². The Kier molecular flexibility index (Phi) is 3.69. The second kappa shape index (κ2) is 5.89. The average Bonchev–Trinajstić information content (AvgIpc) is 3.03. The van der Waals surface area contributed by atoms with Crippen molar-refractivity contribution < 1.29 is 4.58 Å². The molecule has 0 spiro atoms. The lowest BCUT2D eigenvalue weighted by atomic mass is 10.0. The molecular weight excluding hydrogens is 304 g/mol. The van der Waals surface area contributed by atoms with Gasteiger partial charge in [0, 0.05) is 42.2 Å². The zero-order chi connectivity index (χ0) is 17.6. The van der Waals surface area contributed by atoms with Gasteiger partial charge in [0.2, 0.25) is 5.69 Å². The minimum Gasteiger partial charge on any atom is -0.347 e. The second-order valence-corrected chi connectivity index (χ2v) is 6.68. The van der Waals surface area contributed by atoms with E-state index in [1.54, 1.807) is 0 Å². The number of benzene rings is 2. The Morgan fingerprint density at radius 2 is 1.68 bits per heavy atom. The highest BCUT2D eigenvalue weighted by Crippen LogP contribution is 2.33. The summed E-state index contributed by atoms with van der Waals surface area (Å²) in [5.74, 6) is 0. The SMILES string of the molecule is CC1=[N+](C)c2ccccc2/C1=C/C=C/c1c(C)n(C)c2ccccc12. The number of para-hydroxylation sites is 2. The Morgan fingerprint density at radius 3 is 2.52 bits per heavy atom. The summed E-state index contributed by atoms with van der Waals surface area (Å²) in [5, 5.41) is 1.31. The number of fused-ring (bicyclic) bond motifs is 2. The molecule has 25 heavy (non-hydrogen) atoms. The van der Waals surface area contributed by atoms with Gasteiger partial charge in [-0.2, -0.15) is 4.58 Å². The van der Waals surface area contributed by atoms with Gasteiger partial charge in [0.1, 0.15) is 7.05 Å². The van der Waals surface area contributed by atoms with Crippen LogP contribution in [0.15, 0.2) is 60.7 Å². The number of aryl methyl sites for hydroxylation is 1. The predicted octanol–water partition coefficient (Wildman–Crippen LogP) is 5.33. The molecule has 124 valence electrons. The van der Waals surface area contributed by atoms with Gasteiger partial charge in [-0.15, -0.1) is 0 Å². The summed E-state index contributed by atoms with van der Waals surface area (Å²) in [6, 6.07) is 17.2. The maximum absolute atomic E-state index is 2.26. The lowest BCUT2D eigenvalue weighted by molar-refractivity contribution is -0.401. The van der Waals surface area contributed by atoms with E-state index in [9.17, 15) is 0 Å². The molecule has 0 saturated heterocycles. The van der Waals surface area contributed by atoms with Crippen molar-refractivity contribution in [2.24, 2.45) is 7.05 Å². The molecule has 0 amide bonds. The van der Waals surface area contributed by atoms with E-state index in [1.807, 2.05) is 0 Å². The molecule has 0 atom stereocenters. The molecule has 0 aliphatic carbocycles. The smallest absolute Gasteiger partial charge is 0.213 e. The molecule has 2 heterocycles. The minimum absolute atomic E-state index is 1.28. The molecule has 1 aromatic heterocycles. The van der Waals surface area contributed by atoms with Gasteiger partial charge in [-0.25, -0.2) is 0 Å². The van der Waals surface area contributed by atoms with E-state index in [1.165, 1.54) is 44.7 Å². The number of rotatable bonds is 2. The van der Waals surface area contributed by atoms with E-state index in [2.05, 4.69) is 104 Å². The Hall–Kier alpha value is -2.87. The van der Waals surface area contributed by atoms with Crippen LogP contribution in [0.1, 0.15) is 23.7 Å². The molecule has 1 aliphatic rings. The first-order valence-corrected chi connectivity index (χ1v) is 8.69. The highest BCUT2D eigenvalue weighted by atomic mass is 15.0. The van der Waals surface area contributed by atoms with Gasteiger partial charge in [0.05, 0.1) is 11.1 Å². The van der Waals surface area contributed by atoms with Crippen LogP contribution in [-0.2, 0) is 7.05 Å². The maximum Gasteiger partial charge on any atom is 0.213 e. The number of nitrogens with zero attached hydrogens (tertiary/aromatic N) is 2. The van der Waals surface area contributed by atoms with Crippen molar-refractivity contribution in [1.29, 1.82) is 0 Å². The van der Waals surface area contributed by atoms with E-state index in [-0.39, 0.29) is 0 Å². The van der Waals surface area contributed by atoms with Crippen molar-refractivity contribution in [2.75, 3.05) is 7.05 Å². The summed E-state index contributed by atoms with van der Waals surface area (Å²) < 4.78 is 4.52. The monoisotopic (exact) mass is 327 g/mol. The van der Waals surface area contributed by atoms with Crippen molar-refractivity contribution in [2.45, 2.75) is 13.8 Å². The molecule has 2 aromatic carbocycles. The molecule has 0 N–H and O–H groups in total. The van der Waals surface area contributed by atoms with E-state index in [0.717, 1.165) is 0 Å². The summed E-state index contributed by atoms with van der Waals surface area (Å²) in [4.78, 5) is 0. The molecule has 0 unspecified atom stereocenters. The van der Waals surface area contributed by atoms with Crippen LogP contribution in [0.4, 0.5) is 5.69 Å². The number of aromatic nitrogens is 1. The van der Waals surface area contributed by atoms with Crippen molar-refractivity contribution in [3.63, 3.8) is 0 Å². The third-order valence-corrected chi connectivity index (χ3v) is 5.42. The average molecular weight is 327 g/mol. The van der Waals surface area contributed by atoms with Gasteiger partial charge in [0.25, 0.3) is 0 Å². The summed E-state index contributed by atoms with van der Waals surface area (Å²) in [5.41, 5.74) is 9.05. The Labute approximate surface area is 149 Å². The van der Waals surface area contributed by atoms with Crippen molar-refractivity contribution >= 4 is 34.0 Å². The van der Waals surface area contributed by atoms with Crippen LogP contribution < -0.4 is 0 Å². The van der Waals surface area contributed by atoms with Crippen molar-refractivity contribution in [1.82, 2.24) is 4.57 Å². The highest BCUT2D eigenvalue weighted by Gasteiger charge is 2.27. The molecule has 3 aromatic rings. The predicted molar refractivity (Wildman–Crippen MR) is 108 cm³/mol. The lowest BCUT2D eigenvalue weighted by Crippen LogP contribution is -2.02. The van der Waals surface area contributed by atoms with Gasteiger partial charge in [0.15, 0.2) is 5.71 Å². The van der Waals surface area contributed by atoms with Gasteiger partial charge >= 0.3 is 0 Å². The normalized spacial score (nSPS) is 15.8. The molecule has 2 heteroatoms. The zero-order valence-corrected chi connectivity index (χ0v) is 15.2. The quantitative estimate of drug-likeness (QED) is 0.562. The molecular formula is C23H23N2+. The third kappa shape index (κ3) is 2.37. The van der Waals surface area contributed by atoms with Crippen molar-refractivity contribution in [3.8, 4) is 0 Å². The first-order chi connectivity index (χ1) is 12.1. The van der Waals surface area contributed by atoms with E-state index < -0.39 is 0 Å². The van der Waals surface area contributed by atoms with Crippen LogP contribution in [-0.4, -0.2) is 21.9 Å². The van der Waals surface area contributed by atoms with Crippen LogP contribution in [0, 0.1) is 6.92 Å². The van der Waals surface area contributed by atoms with Crippen molar-refractivity contribution in [3.05, 3.63) is 77.5 Å². The molecule has 4 rings (SSSR count). The highest BCUT2D eigenvalue weighted by molar-refractivity contribution is 6.24. The first-order valence-electron chi connectivity index (χ1n) is 8.69. The Balaban J connectivity index is 1.78. The van der Waals surface area contributed by atoms with Gasteiger partial charge in [-0.1, -0.05) is 42.5 Å². The summed E-state index contributed by atoms with van der Waals surface area (Å²) >= 11 is 0. The number of hydrogen-bond donors (Lipinski definition) is 0. The van der Waals surface area contributed by atoms with E-state index in [0.29, 0.717) is 0 Å². The summed E-state index contributed by atoms with van der Waals surface area (Å²) in [7, 11) is 4.27. The van der Waals surface area contributed by atoms with Crippen LogP contribution in [0.5, 0.6) is 0 Å². The number of hydrogen-bond acceptors (Lipinski definition) is 0. The molecule has 0 bridgehead atoms. The summed E-state index contributed by atoms with van der Waals surface area (Å²) in [6.45, 7) is 4.37. The molecule has 0 saturated carbocycles. The van der Waals surface area contributed by atoms with Crippen LogP contribution in [0.3, 0.4) is 0 Å². The lowest BCUT2D eigenvalue weighted by Gasteiger charge is -1.97. The van der Waals surface area contributed by atoms with Gasteiger partial charge in [-0.05, 0) is 25.1 Å². The van der Waals surface area contributed by atoms with E-state index >= 15 is 0 Å². The molecule has 1 aliphatic heterocycles. The van der Waals surface area contributed by atoms with Crippen LogP contribution >= 0.6 is 0 Å². The third-order valence-electron chi connectivity index (χ3n) is 5.42. The largest absolute Gasteiger partial charge is 0.347 e. The van der Waals surface area contributed by atoms with Crippen LogP contribution in [0.25, 0.3) is 22.6 Å². The van der Waals surface area contributed by atoms with Crippen LogP contribution in [0.2, 0.25) is 0 Å². The fraction of sp³-hybridized carbons (Fsp3) is 0.174. The number of allylic oxidation sites excluding steroid dienone is 3. The standard InChI is InChI=1S/C23H23N2/c1-16-18(20-10-5-7-14-22(20)24(16)3)12-9-13-19-17(2)25(4)23-15-8-6-11-21(19)23/h5-15H,1-4H3/q+1. The molecule has 0 radical (unpaired) electrons. The first kappa shape index (κ1) is 15.6. The van der Waals surface area contributed by atoms with Gasteiger partial charge in [-0.3, -0.25) is 0 Å². The topological polar surface area (TPSA) is 7.94 Å². The summed E-state index contributed by atoms with van der Waals surface area (Å²) in [6.07, 6.45) is 6.65. The zero-order valence-electron chi connectivity index (χ0n) is 15.2. The Bertz CT molecular complexity index is 1070.